The van der Waals surface area contributed by atoms with E-state index in [4.69, 9.17) is 5.73 Å². The molecule has 3 N–H and O–H groups in total. The zero-order chi connectivity index (χ0) is 10.9. The molecule has 1 aliphatic carbocycles. The minimum absolute atomic E-state index is 0.141. The van der Waals surface area contributed by atoms with Crippen molar-refractivity contribution in [3.8, 4) is 5.75 Å². The van der Waals surface area contributed by atoms with Gasteiger partial charge in [0.15, 0.2) is 0 Å². The molecule has 15 heavy (non-hydrogen) atoms. The minimum atomic E-state index is 0.141. The highest BCUT2D eigenvalue weighted by molar-refractivity contribution is 9.10. The molecule has 0 bridgehead atoms. The topological polar surface area (TPSA) is 46.2 Å². The van der Waals surface area contributed by atoms with Crippen LogP contribution in [0.25, 0.3) is 0 Å². The number of benzene rings is 1. The first kappa shape index (κ1) is 11.0. The van der Waals surface area contributed by atoms with Crippen molar-refractivity contribution in [3.05, 3.63) is 28.2 Å². The largest absolute Gasteiger partial charge is 0.506 e. The molecule has 0 amide bonds. The fraction of sp³-hybridized carbons (Fsp3) is 0.500. The van der Waals surface area contributed by atoms with E-state index in [9.17, 15) is 5.11 Å². The summed E-state index contributed by atoms with van der Waals surface area (Å²) >= 11 is 3.36. The molecule has 1 aliphatic rings. The number of hydrogen-bond acceptors (Lipinski definition) is 2. The third-order valence-corrected chi connectivity index (χ3v) is 4.13. The van der Waals surface area contributed by atoms with E-state index in [0.29, 0.717) is 12.3 Å². The van der Waals surface area contributed by atoms with Gasteiger partial charge in [-0.05, 0) is 47.8 Å². The molecule has 1 aromatic rings. The number of nitrogens with two attached hydrogens (primary N) is 1. The summed E-state index contributed by atoms with van der Waals surface area (Å²) in [5.41, 5.74) is 6.86. The van der Waals surface area contributed by atoms with Crippen LogP contribution in [-0.4, -0.2) is 11.7 Å². The Morgan fingerprint density at radius 3 is 2.67 bits per heavy atom. The zero-order valence-corrected chi connectivity index (χ0v) is 10.3. The highest BCUT2D eigenvalue weighted by atomic mass is 79.9. The molecule has 2 nitrogen and oxygen atoms in total. The Kier molecular flexibility index (Phi) is 3.03. The van der Waals surface area contributed by atoms with Crippen LogP contribution in [-0.2, 0) is 5.41 Å². The fourth-order valence-electron chi connectivity index (χ4n) is 2.48. The molecule has 82 valence electrons. The summed E-state index contributed by atoms with van der Waals surface area (Å²) in [5.74, 6) is 0.394. The molecule has 0 radical (unpaired) electrons. The molecule has 0 atom stereocenters. The quantitative estimate of drug-likeness (QED) is 0.887. The predicted molar refractivity (Wildman–Crippen MR) is 65.0 cm³/mol. The van der Waals surface area contributed by atoms with Crippen molar-refractivity contribution in [1.82, 2.24) is 0 Å². The van der Waals surface area contributed by atoms with Gasteiger partial charge in [0.25, 0.3) is 0 Å². The second-order valence-corrected chi connectivity index (χ2v) is 5.16. The van der Waals surface area contributed by atoms with E-state index in [1.807, 2.05) is 18.2 Å². The average molecular weight is 270 g/mol. The summed E-state index contributed by atoms with van der Waals surface area (Å²) in [5, 5.41) is 10.0. The maximum absolute atomic E-state index is 10.0. The van der Waals surface area contributed by atoms with Gasteiger partial charge < -0.3 is 10.8 Å². The van der Waals surface area contributed by atoms with Gasteiger partial charge in [0.2, 0.25) is 0 Å². The first-order valence-corrected chi connectivity index (χ1v) is 6.17. The fourth-order valence-corrected chi connectivity index (χ4v) is 2.84. The Bertz CT molecular complexity index is 361. The van der Waals surface area contributed by atoms with Crippen LogP contribution < -0.4 is 5.73 Å². The summed E-state index contributed by atoms with van der Waals surface area (Å²) in [6, 6.07) is 5.87. The van der Waals surface area contributed by atoms with Gasteiger partial charge in [0.1, 0.15) is 5.75 Å². The summed E-state index contributed by atoms with van der Waals surface area (Å²) in [6.45, 7) is 0.686. The molecule has 2 rings (SSSR count). The second-order valence-electron chi connectivity index (χ2n) is 4.31. The average Bonchev–Trinajstić information content (AvgIpc) is 2.17. The smallest absolute Gasteiger partial charge is 0.133 e. The SMILES string of the molecule is NCCC1(c2cccc(Br)c2O)CCC1. The van der Waals surface area contributed by atoms with Crippen LogP contribution in [0.4, 0.5) is 0 Å². The summed E-state index contributed by atoms with van der Waals surface area (Å²) in [6.07, 6.45) is 4.51. The van der Waals surface area contributed by atoms with Crippen molar-refractivity contribution >= 4 is 15.9 Å². The molecule has 3 heteroatoms. The lowest BCUT2D eigenvalue weighted by atomic mass is 9.62. The monoisotopic (exact) mass is 269 g/mol. The van der Waals surface area contributed by atoms with Gasteiger partial charge in [-0.25, -0.2) is 0 Å². The van der Waals surface area contributed by atoms with Gasteiger partial charge in [0, 0.05) is 11.0 Å². The highest BCUT2D eigenvalue weighted by Crippen LogP contribution is 2.50. The van der Waals surface area contributed by atoms with E-state index in [-0.39, 0.29) is 5.41 Å². The Labute approximate surface area is 98.6 Å². The lowest BCUT2D eigenvalue weighted by Crippen LogP contribution is -2.36. The van der Waals surface area contributed by atoms with Gasteiger partial charge in [-0.3, -0.25) is 0 Å². The van der Waals surface area contributed by atoms with E-state index in [1.165, 1.54) is 6.42 Å². The number of para-hydroxylation sites is 1. The summed E-state index contributed by atoms with van der Waals surface area (Å²) in [4.78, 5) is 0. The van der Waals surface area contributed by atoms with Crippen LogP contribution in [0.5, 0.6) is 5.75 Å². The molecule has 0 unspecified atom stereocenters. The summed E-state index contributed by atoms with van der Waals surface area (Å²) < 4.78 is 0.781. The van der Waals surface area contributed by atoms with Crippen LogP contribution in [0.3, 0.4) is 0 Å². The Hall–Kier alpha value is -0.540. The normalized spacial score (nSPS) is 18.5. The molecular weight excluding hydrogens is 254 g/mol. The Balaban J connectivity index is 2.38. The first-order chi connectivity index (χ1) is 7.19. The standard InChI is InChI=1S/C12H16BrNO/c13-10-4-1-3-9(11(10)15)12(7-8-14)5-2-6-12/h1,3-4,15H,2,5-8,14H2. The molecule has 0 spiro atoms. The minimum Gasteiger partial charge on any atom is -0.506 e. The molecule has 0 aromatic heterocycles. The number of halogens is 1. The maximum atomic E-state index is 10.0. The highest BCUT2D eigenvalue weighted by Gasteiger charge is 2.39. The molecule has 1 fully saturated rings. The van der Waals surface area contributed by atoms with E-state index in [2.05, 4.69) is 15.9 Å². The molecule has 0 aliphatic heterocycles. The summed E-state index contributed by atoms with van der Waals surface area (Å²) in [7, 11) is 0. The third kappa shape index (κ3) is 1.79. The molecule has 1 aromatic carbocycles. The number of aromatic hydroxyl groups is 1. The number of phenols is 1. The molecule has 0 saturated heterocycles. The van der Waals surface area contributed by atoms with Crippen LogP contribution in [0.15, 0.2) is 22.7 Å². The number of phenolic OH excluding ortho intramolecular Hbond substituents is 1. The van der Waals surface area contributed by atoms with Crippen LogP contribution in [0, 0.1) is 0 Å². The van der Waals surface area contributed by atoms with Gasteiger partial charge in [-0.2, -0.15) is 0 Å². The number of hydrogen-bond donors (Lipinski definition) is 2. The first-order valence-electron chi connectivity index (χ1n) is 5.38. The second kappa shape index (κ2) is 4.14. The van der Waals surface area contributed by atoms with Crippen molar-refractivity contribution in [2.45, 2.75) is 31.1 Å². The van der Waals surface area contributed by atoms with E-state index in [1.54, 1.807) is 0 Å². The van der Waals surface area contributed by atoms with Crippen LogP contribution >= 0.6 is 15.9 Å². The molecule has 0 heterocycles. The third-order valence-electron chi connectivity index (χ3n) is 3.49. The van der Waals surface area contributed by atoms with Crippen molar-refractivity contribution in [2.24, 2.45) is 5.73 Å². The van der Waals surface area contributed by atoms with Crippen LogP contribution in [0.1, 0.15) is 31.2 Å². The zero-order valence-electron chi connectivity index (χ0n) is 8.67. The molecule has 1 saturated carbocycles. The van der Waals surface area contributed by atoms with Gasteiger partial charge >= 0.3 is 0 Å². The lowest BCUT2D eigenvalue weighted by Gasteiger charge is -2.42. The maximum Gasteiger partial charge on any atom is 0.133 e. The Morgan fingerprint density at radius 2 is 2.13 bits per heavy atom. The van der Waals surface area contributed by atoms with Gasteiger partial charge in [-0.1, -0.05) is 18.6 Å². The van der Waals surface area contributed by atoms with Crippen molar-refractivity contribution in [1.29, 1.82) is 0 Å². The van der Waals surface area contributed by atoms with Gasteiger partial charge in [0.05, 0.1) is 4.47 Å². The number of rotatable bonds is 3. The predicted octanol–water partition coefficient (Wildman–Crippen LogP) is 2.93. The van der Waals surface area contributed by atoms with E-state index < -0.39 is 0 Å². The Morgan fingerprint density at radius 1 is 1.40 bits per heavy atom. The van der Waals surface area contributed by atoms with E-state index >= 15 is 0 Å². The van der Waals surface area contributed by atoms with Crippen LogP contribution in [0.2, 0.25) is 0 Å². The van der Waals surface area contributed by atoms with E-state index in [0.717, 1.165) is 29.3 Å². The lowest BCUT2D eigenvalue weighted by molar-refractivity contribution is 0.222. The molecular formula is C12H16BrNO. The van der Waals surface area contributed by atoms with Gasteiger partial charge in [-0.15, -0.1) is 0 Å². The van der Waals surface area contributed by atoms with Crippen molar-refractivity contribution in [2.75, 3.05) is 6.54 Å². The van der Waals surface area contributed by atoms with Crippen molar-refractivity contribution in [3.63, 3.8) is 0 Å². The van der Waals surface area contributed by atoms with Crippen molar-refractivity contribution < 1.29 is 5.11 Å².